The quantitative estimate of drug-likeness (QED) is 0.764. The topological polar surface area (TPSA) is 81.7 Å². The monoisotopic (exact) mass is 363 g/mol. The number of carbonyl (C=O) groups is 1. The molecule has 2 rings (SSSR count). The van der Waals surface area contributed by atoms with E-state index in [2.05, 4.69) is 9.46 Å². The standard InChI is InChI=1S/C18H21NO5S/c1-13-4-7-15(18(20)24-3)12-17(13)25(21,22)19-11-10-14-5-8-16(23-2)9-6-14/h4-9,12,19H,10-11H2,1-3H3. The molecule has 0 saturated carbocycles. The predicted octanol–water partition coefficient (Wildman–Crippen LogP) is 2.31. The molecule has 0 spiro atoms. The van der Waals surface area contributed by atoms with Crippen molar-refractivity contribution in [3.05, 3.63) is 59.2 Å². The Morgan fingerprint density at radius 3 is 2.36 bits per heavy atom. The fraction of sp³-hybridized carbons (Fsp3) is 0.278. The van der Waals surface area contributed by atoms with Gasteiger partial charge in [0.2, 0.25) is 10.0 Å². The van der Waals surface area contributed by atoms with E-state index in [0.717, 1.165) is 11.3 Å². The first-order chi connectivity index (χ1) is 11.9. The lowest BCUT2D eigenvalue weighted by Gasteiger charge is -2.11. The van der Waals surface area contributed by atoms with Crippen LogP contribution in [0.1, 0.15) is 21.5 Å². The Balaban J connectivity index is 2.09. The number of hydrogen-bond acceptors (Lipinski definition) is 5. The first-order valence-corrected chi connectivity index (χ1v) is 9.17. The summed E-state index contributed by atoms with van der Waals surface area (Å²) in [5, 5.41) is 0. The molecule has 0 radical (unpaired) electrons. The van der Waals surface area contributed by atoms with Crippen LogP contribution in [0.5, 0.6) is 5.75 Å². The minimum absolute atomic E-state index is 0.0742. The number of sulfonamides is 1. The second kappa shape index (κ2) is 8.13. The van der Waals surface area contributed by atoms with Crippen LogP contribution in [0.2, 0.25) is 0 Å². The van der Waals surface area contributed by atoms with Crippen LogP contribution in [0.3, 0.4) is 0 Å². The molecule has 25 heavy (non-hydrogen) atoms. The number of esters is 1. The minimum atomic E-state index is -3.72. The van der Waals surface area contributed by atoms with Crippen molar-refractivity contribution in [2.45, 2.75) is 18.2 Å². The molecule has 0 aliphatic rings. The van der Waals surface area contributed by atoms with Gasteiger partial charge in [0.15, 0.2) is 0 Å². The molecule has 6 nitrogen and oxygen atoms in total. The van der Waals surface area contributed by atoms with Crippen LogP contribution < -0.4 is 9.46 Å². The van der Waals surface area contributed by atoms with Crippen LogP contribution in [0.25, 0.3) is 0 Å². The summed E-state index contributed by atoms with van der Waals surface area (Å²) in [4.78, 5) is 11.7. The lowest BCUT2D eigenvalue weighted by atomic mass is 10.1. The van der Waals surface area contributed by atoms with Crippen molar-refractivity contribution in [1.29, 1.82) is 0 Å². The molecule has 0 heterocycles. The predicted molar refractivity (Wildman–Crippen MR) is 94.4 cm³/mol. The summed E-state index contributed by atoms with van der Waals surface area (Å²) >= 11 is 0. The highest BCUT2D eigenvalue weighted by Gasteiger charge is 2.19. The number of methoxy groups -OCH3 is 2. The van der Waals surface area contributed by atoms with Gasteiger partial charge in [0.25, 0.3) is 0 Å². The molecule has 0 atom stereocenters. The number of benzene rings is 2. The first kappa shape index (κ1) is 19.0. The highest BCUT2D eigenvalue weighted by molar-refractivity contribution is 7.89. The maximum atomic E-state index is 12.5. The van der Waals surface area contributed by atoms with Crippen molar-refractivity contribution in [2.24, 2.45) is 0 Å². The Morgan fingerprint density at radius 1 is 1.08 bits per heavy atom. The molecule has 2 aromatic rings. The van der Waals surface area contributed by atoms with E-state index in [1.54, 1.807) is 20.1 Å². The largest absolute Gasteiger partial charge is 0.497 e. The SMILES string of the molecule is COC(=O)c1ccc(C)c(S(=O)(=O)NCCc2ccc(OC)cc2)c1. The number of aryl methyl sites for hydroxylation is 1. The van der Waals surface area contributed by atoms with Crippen LogP contribution in [-0.2, 0) is 21.2 Å². The molecule has 7 heteroatoms. The molecule has 0 amide bonds. The van der Waals surface area contributed by atoms with Gasteiger partial charge in [-0.25, -0.2) is 17.9 Å². The lowest BCUT2D eigenvalue weighted by Crippen LogP contribution is -2.27. The van der Waals surface area contributed by atoms with Crippen LogP contribution in [0, 0.1) is 6.92 Å². The summed E-state index contributed by atoms with van der Waals surface area (Å²) in [6.07, 6.45) is 0.541. The summed E-state index contributed by atoms with van der Waals surface area (Å²) < 4.78 is 37.3. The lowest BCUT2D eigenvalue weighted by molar-refractivity contribution is 0.0600. The van der Waals surface area contributed by atoms with Crippen LogP contribution >= 0.6 is 0 Å². The zero-order valence-corrected chi connectivity index (χ0v) is 15.2. The zero-order valence-electron chi connectivity index (χ0n) is 14.4. The van der Waals surface area contributed by atoms with Crippen LogP contribution in [0.15, 0.2) is 47.4 Å². The first-order valence-electron chi connectivity index (χ1n) is 7.69. The fourth-order valence-electron chi connectivity index (χ4n) is 2.33. The summed E-state index contributed by atoms with van der Waals surface area (Å²) in [7, 11) is -0.876. The van der Waals surface area contributed by atoms with Gasteiger partial charge in [-0.05, 0) is 48.7 Å². The van der Waals surface area contributed by atoms with E-state index in [1.807, 2.05) is 24.3 Å². The van der Waals surface area contributed by atoms with Crippen molar-refractivity contribution in [1.82, 2.24) is 4.72 Å². The molecule has 0 fully saturated rings. The van der Waals surface area contributed by atoms with E-state index < -0.39 is 16.0 Å². The zero-order chi connectivity index (χ0) is 18.4. The van der Waals surface area contributed by atoms with Crippen molar-refractivity contribution >= 4 is 16.0 Å². The highest BCUT2D eigenvalue weighted by Crippen LogP contribution is 2.18. The molecule has 0 saturated heterocycles. The van der Waals surface area contributed by atoms with E-state index in [1.165, 1.54) is 19.2 Å². The van der Waals surface area contributed by atoms with E-state index >= 15 is 0 Å². The van der Waals surface area contributed by atoms with Crippen molar-refractivity contribution < 1.29 is 22.7 Å². The van der Waals surface area contributed by atoms with Crippen molar-refractivity contribution in [2.75, 3.05) is 20.8 Å². The van der Waals surface area contributed by atoms with E-state index in [4.69, 9.17) is 4.74 Å². The number of ether oxygens (including phenoxy) is 2. The Hall–Kier alpha value is -2.38. The smallest absolute Gasteiger partial charge is 0.337 e. The van der Waals surface area contributed by atoms with Gasteiger partial charge in [-0.1, -0.05) is 18.2 Å². The van der Waals surface area contributed by atoms with Gasteiger partial charge in [-0.2, -0.15) is 0 Å². The van der Waals surface area contributed by atoms with Crippen molar-refractivity contribution in [3.8, 4) is 5.75 Å². The third-order valence-corrected chi connectivity index (χ3v) is 5.37. The third-order valence-electron chi connectivity index (χ3n) is 3.76. The molecule has 2 aromatic carbocycles. The highest BCUT2D eigenvalue weighted by atomic mass is 32.2. The van der Waals surface area contributed by atoms with E-state index in [-0.39, 0.29) is 17.0 Å². The Labute approximate surface area is 147 Å². The number of rotatable bonds is 7. The Bertz CT molecular complexity index is 844. The molecule has 134 valence electrons. The van der Waals surface area contributed by atoms with Gasteiger partial charge in [0, 0.05) is 6.54 Å². The van der Waals surface area contributed by atoms with Gasteiger partial charge >= 0.3 is 5.97 Å². The Morgan fingerprint density at radius 2 is 1.76 bits per heavy atom. The number of hydrogen-bond donors (Lipinski definition) is 1. The summed E-state index contributed by atoms with van der Waals surface area (Å²) in [5.41, 5.74) is 1.75. The normalized spacial score (nSPS) is 11.2. The molecule has 0 bridgehead atoms. The molecule has 0 aliphatic carbocycles. The second-order valence-corrected chi connectivity index (χ2v) is 7.20. The van der Waals surface area contributed by atoms with Gasteiger partial charge in [0.1, 0.15) is 5.75 Å². The van der Waals surface area contributed by atoms with Gasteiger partial charge in [-0.3, -0.25) is 0 Å². The molecular formula is C18H21NO5S. The number of nitrogens with one attached hydrogen (secondary N) is 1. The van der Waals surface area contributed by atoms with Gasteiger partial charge < -0.3 is 9.47 Å². The van der Waals surface area contributed by atoms with E-state index in [9.17, 15) is 13.2 Å². The second-order valence-electron chi connectivity index (χ2n) is 5.47. The molecular weight excluding hydrogens is 342 g/mol. The number of carbonyl (C=O) groups excluding carboxylic acids is 1. The summed E-state index contributed by atoms with van der Waals surface area (Å²) in [6, 6.07) is 11.9. The van der Waals surface area contributed by atoms with Crippen LogP contribution in [-0.4, -0.2) is 35.2 Å². The molecule has 0 unspecified atom stereocenters. The molecule has 1 N–H and O–H groups in total. The fourth-order valence-corrected chi connectivity index (χ4v) is 3.63. The third kappa shape index (κ3) is 4.80. The summed E-state index contributed by atoms with van der Waals surface area (Å²) in [6.45, 7) is 1.93. The maximum Gasteiger partial charge on any atom is 0.337 e. The average molecular weight is 363 g/mol. The summed E-state index contributed by atoms with van der Waals surface area (Å²) in [5.74, 6) is 0.175. The molecule has 0 aromatic heterocycles. The van der Waals surface area contributed by atoms with E-state index in [0.29, 0.717) is 12.0 Å². The maximum absolute atomic E-state index is 12.5. The molecule has 0 aliphatic heterocycles. The van der Waals surface area contributed by atoms with Crippen LogP contribution in [0.4, 0.5) is 0 Å². The minimum Gasteiger partial charge on any atom is -0.497 e. The van der Waals surface area contributed by atoms with Gasteiger partial charge in [0.05, 0.1) is 24.7 Å². The van der Waals surface area contributed by atoms with Gasteiger partial charge in [-0.15, -0.1) is 0 Å². The van der Waals surface area contributed by atoms with Crippen molar-refractivity contribution in [3.63, 3.8) is 0 Å². The Kier molecular flexibility index (Phi) is 6.17. The average Bonchev–Trinajstić information content (AvgIpc) is 2.61.